The summed E-state index contributed by atoms with van der Waals surface area (Å²) in [5, 5.41) is 2.89. The molecule has 0 rings (SSSR count). The van der Waals surface area contributed by atoms with Crippen molar-refractivity contribution < 1.29 is 4.79 Å². The second kappa shape index (κ2) is 17.0. The standard InChI is InChI=1S/C21H42N2O/c1-5-6-7-8-9-10-11-12-13-15-18-23(4)19-16-14-17-22-21(24)20(2)3/h2,5-19H2,1,3-4H3,(H,22,24). The fraction of sp³-hybridized carbons (Fsp3) is 0.857. The Hall–Kier alpha value is -0.830. The molecule has 0 heterocycles. The maximum atomic E-state index is 11.3. The van der Waals surface area contributed by atoms with Crippen LogP contribution in [0, 0.1) is 0 Å². The quantitative estimate of drug-likeness (QED) is 0.288. The lowest BCUT2D eigenvalue weighted by Gasteiger charge is -2.16. The molecule has 0 bridgehead atoms. The molecule has 0 aromatic heterocycles. The van der Waals surface area contributed by atoms with Gasteiger partial charge in [-0.2, -0.15) is 0 Å². The Morgan fingerprint density at radius 2 is 1.29 bits per heavy atom. The summed E-state index contributed by atoms with van der Waals surface area (Å²) in [5.74, 6) is -0.0197. The van der Waals surface area contributed by atoms with Gasteiger partial charge in [-0.15, -0.1) is 0 Å². The number of nitrogens with one attached hydrogen (secondary N) is 1. The van der Waals surface area contributed by atoms with E-state index in [2.05, 4.69) is 30.8 Å². The maximum absolute atomic E-state index is 11.3. The van der Waals surface area contributed by atoms with Crippen LogP contribution in [0.1, 0.15) is 90.9 Å². The van der Waals surface area contributed by atoms with Crippen LogP contribution in [0.3, 0.4) is 0 Å². The van der Waals surface area contributed by atoms with E-state index in [4.69, 9.17) is 0 Å². The summed E-state index contributed by atoms with van der Waals surface area (Å²) in [5.41, 5.74) is 0.591. The summed E-state index contributed by atoms with van der Waals surface area (Å²) in [4.78, 5) is 13.8. The highest BCUT2D eigenvalue weighted by Crippen LogP contribution is 2.10. The van der Waals surface area contributed by atoms with Crippen molar-refractivity contribution in [2.75, 3.05) is 26.7 Å². The van der Waals surface area contributed by atoms with Crippen molar-refractivity contribution in [2.45, 2.75) is 90.9 Å². The van der Waals surface area contributed by atoms with E-state index in [0.29, 0.717) is 5.57 Å². The van der Waals surface area contributed by atoms with Gasteiger partial charge < -0.3 is 10.2 Å². The number of carbonyl (C=O) groups excluding carboxylic acids is 1. The van der Waals surface area contributed by atoms with E-state index in [9.17, 15) is 4.79 Å². The first-order valence-electron chi connectivity index (χ1n) is 10.2. The van der Waals surface area contributed by atoms with E-state index in [1.165, 1.54) is 70.8 Å². The topological polar surface area (TPSA) is 32.3 Å². The van der Waals surface area contributed by atoms with Crippen LogP contribution in [0.4, 0.5) is 0 Å². The molecule has 0 spiro atoms. The first kappa shape index (κ1) is 23.2. The molecule has 3 nitrogen and oxygen atoms in total. The largest absolute Gasteiger partial charge is 0.352 e. The van der Waals surface area contributed by atoms with Gasteiger partial charge >= 0.3 is 0 Å². The Bertz CT molecular complexity index is 315. The van der Waals surface area contributed by atoms with Gasteiger partial charge in [0.2, 0.25) is 5.91 Å². The summed E-state index contributed by atoms with van der Waals surface area (Å²) >= 11 is 0. The van der Waals surface area contributed by atoms with Crippen LogP contribution in [0.15, 0.2) is 12.2 Å². The molecular weight excluding hydrogens is 296 g/mol. The lowest BCUT2D eigenvalue weighted by Crippen LogP contribution is -2.26. The van der Waals surface area contributed by atoms with Crippen LogP contribution in [-0.2, 0) is 4.79 Å². The molecular formula is C21H42N2O. The molecule has 3 heteroatoms. The fourth-order valence-corrected chi connectivity index (χ4v) is 2.84. The van der Waals surface area contributed by atoms with E-state index in [1.807, 2.05) is 0 Å². The van der Waals surface area contributed by atoms with Crippen LogP contribution >= 0.6 is 0 Å². The van der Waals surface area contributed by atoms with Crippen molar-refractivity contribution in [3.63, 3.8) is 0 Å². The van der Waals surface area contributed by atoms with Crippen molar-refractivity contribution in [1.29, 1.82) is 0 Å². The van der Waals surface area contributed by atoms with Crippen LogP contribution < -0.4 is 5.32 Å². The Morgan fingerprint density at radius 3 is 1.79 bits per heavy atom. The summed E-state index contributed by atoms with van der Waals surface area (Å²) in [6.07, 6.45) is 16.2. The van der Waals surface area contributed by atoms with Gasteiger partial charge in [0.25, 0.3) is 0 Å². The summed E-state index contributed by atoms with van der Waals surface area (Å²) in [6, 6.07) is 0. The van der Waals surface area contributed by atoms with Crippen molar-refractivity contribution in [1.82, 2.24) is 10.2 Å². The monoisotopic (exact) mass is 338 g/mol. The Balaban J connectivity index is 3.25. The Kier molecular flexibility index (Phi) is 16.4. The second-order valence-corrected chi connectivity index (χ2v) is 7.23. The van der Waals surface area contributed by atoms with Gasteiger partial charge in [-0.05, 0) is 46.3 Å². The minimum absolute atomic E-state index is 0.0197. The molecule has 0 saturated heterocycles. The third-order valence-corrected chi connectivity index (χ3v) is 4.53. The second-order valence-electron chi connectivity index (χ2n) is 7.23. The predicted octanol–water partition coefficient (Wildman–Crippen LogP) is 5.31. The molecule has 0 atom stereocenters. The first-order valence-corrected chi connectivity index (χ1v) is 10.2. The molecule has 0 aliphatic heterocycles. The average Bonchev–Trinajstić information content (AvgIpc) is 2.55. The summed E-state index contributed by atoms with van der Waals surface area (Å²) < 4.78 is 0. The van der Waals surface area contributed by atoms with Gasteiger partial charge in [-0.25, -0.2) is 0 Å². The molecule has 24 heavy (non-hydrogen) atoms. The number of rotatable bonds is 17. The molecule has 1 N–H and O–H groups in total. The zero-order valence-corrected chi connectivity index (χ0v) is 16.7. The molecule has 0 fully saturated rings. The fourth-order valence-electron chi connectivity index (χ4n) is 2.84. The minimum Gasteiger partial charge on any atom is -0.352 e. The van der Waals surface area contributed by atoms with E-state index < -0.39 is 0 Å². The zero-order valence-electron chi connectivity index (χ0n) is 16.7. The molecule has 0 radical (unpaired) electrons. The molecule has 1 amide bonds. The number of nitrogens with zero attached hydrogens (tertiary/aromatic N) is 1. The highest BCUT2D eigenvalue weighted by molar-refractivity contribution is 5.91. The number of unbranched alkanes of at least 4 members (excludes halogenated alkanes) is 10. The van der Waals surface area contributed by atoms with Crippen LogP contribution in [0.5, 0.6) is 0 Å². The third-order valence-electron chi connectivity index (χ3n) is 4.53. The lowest BCUT2D eigenvalue weighted by atomic mass is 10.1. The third kappa shape index (κ3) is 16.0. The molecule has 0 aliphatic rings. The number of hydrogen-bond donors (Lipinski definition) is 1. The van der Waals surface area contributed by atoms with Gasteiger partial charge in [0.1, 0.15) is 0 Å². The van der Waals surface area contributed by atoms with Crippen molar-refractivity contribution in [3.05, 3.63) is 12.2 Å². The molecule has 0 aromatic carbocycles. The molecule has 0 unspecified atom stereocenters. The van der Waals surface area contributed by atoms with E-state index in [-0.39, 0.29) is 5.91 Å². The predicted molar refractivity (Wildman–Crippen MR) is 106 cm³/mol. The van der Waals surface area contributed by atoms with Gasteiger partial charge in [0, 0.05) is 12.1 Å². The van der Waals surface area contributed by atoms with Crippen molar-refractivity contribution in [2.24, 2.45) is 0 Å². The molecule has 0 aromatic rings. The van der Waals surface area contributed by atoms with Gasteiger partial charge in [-0.1, -0.05) is 71.3 Å². The van der Waals surface area contributed by atoms with E-state index in [1.54, 1.807) is 6.92 Å². The van der Waals surface area contributed by atoms with Gasteiger partial charge in [0.15, 0.2) is 0 Å². The van der Waals surface area contributed by atoms with E-state index >= 15 is 0 Å². The number of hydrogen-bond acceptors (Lipinski definition) is 2. The van der Waals surface area contributed by atoms with E-state index in [0.717, 1.165) is 25.9 Å². The minimum atomic E-state index is -0.0197. The maximum Gasteiger partial charge on any atom is 0.246 e. The summed E-state index contributed by atoms with van der Waals surface area (Å²) in [6.45, 7) is 10.8. The smallest absolute Gasteiger partial charge is 0.246 e. The molecule has 142 valence electrons. The van der Waals surface area contributed by atoms with Crippen molar-refractivity contribution >= 4 is 5.91 Å². The highest BCUT2D eigenvalue weighted by Gasteiger charge is 2.01. The van der Waals surface area contributed by atoms with Crippen LogP contribution in [0.25, 0.3) is 0 Å². The van der Waals surface area contributed by atoms with Crippen LogP contribution in [-0.4, -0.2) is 37.5 Å². The zero-order chi connectivity index (χ0) is 18.0. The summed E-state index contributed by atoms with van der Waals surface area (Å²) in [7, 11) is 2.21. The number of amides is 1. The van der Waals surface area contributed by atoms with Gasteiger partial charge in [0.05, 0.1) is 0 Å². The SMILES string of the molecule is C=C(C)C(=O)NCCCCN(C)CCCCCCCCCCCC. The molecule has 0 aliphatic carbocycles. The first-order chi connectivity index (χ1) is 11.6. The Morgan fingerprint density at radius 1 is 0.833 bits per heavy atom. The van der Waals surface area contributed by atoms with Gasteiger partial charge in [-0.3, -0.25) is 4.79 Å². The molecule has 0 saturated carbocycles. The normalized spacial score (nSPS) is 11.0. The number of carbonyl (C=O) groups is 1. The lowest BCUT2D eigenvalue weighted by molar-refractivity contribution is -0.117. The van der Waals surface area contributed by atoms with Crippen molar-refractivity contribution in [3.8, 4) is 0 Å². The highest BCUT2D eigenvalue weighted by atomic mass is 16.1. The Labute approximate surface area is 151 Å². The average molecular weight is 339 g/mol. The van der Waals surface area contributed by atoms with Crippen LogP contribution in [0.2, 0.25) is 0 Å².